The van der Waals surface area contributed by atoms with Crippen molar-refractivity contribution in [1.29, 1.82) is 0 Å². The van der Waals surface area contributed by atoms with Crippen LogP contribution in [0.1, 0.15) is 24.6 Å². The van der Waals surface area contributed by atoms with Gasteiger partial charge in [0.05, 0.1) is 5.02 Å². The van der Waals surface area contributed by atoms with Crippen molar-refractivity contribution >= 4 is 40.8 Å². The van der Waals surface area contributed by atoms with Gasteiger partial charge in [0, 0.05) is 29.0 Å². The third kappa shape index (κ3) is 3.19. The summed E-state index contributed by atoms with van der Waals surface area (Å²) >= 11 is 13.7. The zero-order valence-corrected chi connectivity index (χ0v) is 13.2. The van der Waals surface area contributed by atoms with Gasteiger partial charge in [-0.05, 0) is 31.0 Å². The number of halogens is 2. The molecule has 0 bridgehead atoms. The Balaban J connectivity index is 1.93. The first-order valence-electron chi connectivity index (χ1n) is 6.35. The van der Waals surface area contributed by atoms with E-state index in [4.69, 9.17) is 23.2 Å². The quantitative estimate of drug-likeness (QED) is 0.815. The van der Waals surface area contributed by atoms with E-state index < -0.39 is 0 Å². The van der Waals surface area contributed by atoms with E-state index >= 15 is 0 Å². The van der Waals surface area contributed by atoms with Crippen LogP contribution in [0.5, 0.6) is 0 Å². The molecule has 0 atom stereocenters. The molecule has 1 saturated carbocycles. The molecule has 1 N–H and O–H groups in total. The second-order valence-electron chi connectivity index (χ2n) is 4.65. The Kier molecular flexibility index (Phi) is 4.06. The van der Waals surface area contributed by atoms with Crippen molar-refractivity contribution in [1.82, 2.24) is 9.97 Å². The summed E-state index contributed by atoms with van der Waals surface area (Å²) in [6.07, 6.45) is 2.35. The van der Waals surface area contributed by atoms with Crippen molar-refractivity contribution in [2.24, 2.45) is 0 Å². The van der Waals surface area contributed by atoms with Gasteiger partial charge in [-0.2, -0.15) is 0 Å². The van der Waals surface area contributed by atoms with Crippen molar-refractivity contribution in [3.8, 4) is 0 Å². The van der Waals surface area contributed by atoms with Crippen molar-refractivity contribution in [2.45, 2.75) is 28.7 Å². The molecule has 104 valence electrons. The van der Waals surface area contributed by atoms with Gasteiger partial charge in [-0.15, -0.1) is 0 Å². The Hall–Kier alpha value is -0.970. The SMILES string of the molecule is CNc1cc(Sc2cc(Cl)ccc2Cl)nc(C2CC2)n1. The summed E-state index contributed by atoms with van der Waals surface area (Å²) in [5, 5.41) is 5.31. The van der Waals surface area contributed by atoms with E-state index in [1.54, 1.807) is 12.1 Å². The van der Waals surface area contributed by atoms with Crippen molar-refractivity contribution in [2.75, 3.05) is 12.4 Å². The first kappa shape index (κ1) is 14.0. The summed E-state index contributed by atoms with van der Waals surface area (Å²) in [6.45, 7) is 0. The van der Waals surface area contributed by atoms with Crippen molar-refractivity contribution in [3.05, 3.63) is 40.1 Å². The van der Waals surface area contributed by atoms with Crippen molar-refractivity contribution < 1.29 is 0 Å². The Morgan fingerprint density at radius 3 is 2.70 bits per heavy atom. The number of anilines is 1. The van der Waals surface area contributed by atoms with Gasteiger partial charge in [-0.1, -0.05) is 35.0 Å². The van der Waals surface area contributed by atoms with E-state index in [2.05, 4.69) is 15.3 Å². The van der Waals surface area contributed by atoms with E-state index in [1.807, 2.05) is 19.2 Å². The highest BCUT2D eigenvalue weighted by atomic mass is 35.5. The first-order chi connectivity index (χ1) is 9.65. The summed E-state index contributed by atoms with van der Waals surface area (Å²) in [4.78, 5) is 10.0. The fourth-order valence-electron chi connectivity index (χ4n) is 1.82. The van der Waals surface area contributed by atoms with E-state index in [1.165, 1.54) is 24.6 Å². The molecule has 0 saturated heterocycles. The number of rotatable bonds is 4. The van der Waals surface area contributed by atoms with Crippen LogP contribution in [-0.2, 0) is 0 Å². The molecule has 20 heavy (non-hydrogen) atoms. The molecule has 0 aliphatic heterocycles. The lowest BCUT2D eigenvalue weighted by Crippen LogP contribution is -2.00. The number of nitrogens with zero attached hydrogens (tertiary/aromatic N) is 2. The molecule has 1 heterocycles. The zero-order valence-electron chi connectivity index (χ0n) is 10.9. The van der Waals surface area contributed by atoms with Crippen LogP contribution in [0.15, 0.2) is 34.2 Å². The molecule has 0 radical (unpaired) electrons. The fraction of sp³-hybridized carbons (Fsp3) is 0.286. The predicted molar refractivity (Wildman–Crippen MR) is 84.1 cm³/mol. The Labute approximate surface area is 132 Å². The van der Waals surface area contributed by atoms with Crippen LogP contribution < -0.4 is 5.32 Å². The average molecular weight is 326 g/mol. The van der Waals surface area contributed by atoms with Gasteiger partial charge in [0.15, 0.2) is 0 Å². The van der Waals surface area contributed by atoms with E-state index in [-0.39, 0.29) is 0 Å². The zero-order chi connectivity index (χ0) is 14.1. The lowest BCUT2D eigenvalue weighted by molar-refractivity contribution is 0.880. The van der Waals surface area contributed by atoms with E-state index in [0.29, 0.717) is 16.0 Å². The second kappa shape index (κ2) is 5.80. The molecular formula is C14H13Cl2N3S. The van der Waals surface area contributed by atoms with E-state index in [9.17, 15) is 0 Å². The summed E-state index contributed by atoms with van der Waals surface area (Å²) in [5.74, 6) is 2.26. The third-order valence-corrected chi connectivity index (χ3v) is 4.68. The molecule has 0 amide bonds. The molecular weight excluding hydrogens is 313 g/mol. The third-order valence-electron chi connectivity index (χ3n) is 3.03. The maximum Gasteiger partial charge on any atom is 0.135 e. The smallest absolute Gasteiger partial charge is 0.135 e. The molecule has 1 fully saturated rings. The van der Waals surface area contributed by atoms with Crippen LogP contribution in [0, 0.1) is 0 Å². The summed E-state index contributed by atoms with van der Waals surface area (Å²) < 4.78 is 0. The van der Waals surface area contributed by atoms with Crippen LogP contribution in [-0.4, -0.2) is 17.0 Å². The van der Waals surface area contributed by atoms with Crippen LogP contribution >= 0.6 is 35.0 Å². The summed E-state index contributed by atoms with van der Waals surface area (Å²) in [5.41, 5.74) is 0. The Bertz CT molecular complexity index is 644. The van der Waals surface area contributed by atoms with Gasteiger partial charge in [-0.25, -0.2) is 9.97 Å². The monoisotopic (exact) mass is 325 g/mol. The van der Waals surface area contributed by atoms with Gasteiger partial charge in [0.25, 0.3) is 0 Å². The summed E-state index contributed by atoms with van der Waals surface area (Å²) in [7, 11) is 1.86. The Morgan fingerprint density at radius 2 is 2.00 bits per heavy atom. The van der Waals surface area contributed by atoms with Gasteiger partial charge in [0.2, 0.25) is 0 Å². The molecule has 1 aliphatic carbocycles. The molecule has 3 nitrogen and oxygen atoms in total. The molecule has 0 spiro atoms. The predicted octanol–water partition coefficient (Wildman–Crippen LogP) is 4.85. The lowest BCUT2D eigenvalue weighted by Gasteiger charge is -2.08. The lowest BCUT2D eigenvalue weighted by atomic mass is 10.4. The molecule has 1 aromatic heterocycles. The van der Waals surface area contributed by atoms with E-state index in [0.717, 1.165) is 21.6 Å². The maximum atomic E-state index is 6.20. The number of aromatic nitrogens is 2. The maximum absolute atomic E-state index is 6.20. The van der Waals surface area contributed by atoms with Crippen LogP contribution in [0.4, 0.5) is 5.82 Å². The molecule has 1 aliphatic rings. The Morgan fingerprint density at radius 1 is 1.20 bits per heavy atom. The normalized spacial score (nSPS) is 14.3. The van der Waals surface area contributed by atoms with Crippen LogP contribution in [0.25, 0.3) is 0 Å². The standard InChI is InChI=1S/C14H13Cl2N3S/c1-17-12-7-13(19-14(18-12)8-2-3-8)20-11-6-9(15)4-5-10(11)16/h4-8H,2-3H2,1H3,(H,17,18,19). The van der Waals surface area contributed by atoms with Gasteiger partial charge < -0.3 is 5.32 Å². The topological polar surface area (TPSA) is 37.8 Å². The highest BCUT2D eigenvalue weighted by Crippen LogP contribution is 2.40. The molecule has 6 heteroatoms. The largest absolute Gasteiger partial charge is 0.373 e. The highest BCUT2D eigenvalue weighted by molar-refractivity contribution is 7.99. The van der Waals surface area contributed by atoms with Crippen LogP contribution in [0.2, 0.25) is 10.0 Å². The average Bonchev–Trinajstić information content (AvgIpc) is 3.27. The molecule has 0 unspecified atom stereocenters. The summed E-state index contributed by atoms with van der Waals surface area (Å²) in [6, 6.07) is 7.36. The molecule has 2 aromatic rings. The van der Waals surface area contributed by atoms with Gasteiger partial charge >= 0.3 is 0 Å². The number of nitrogens with one attached hydrogen (secondary N) is 1. The minimum absolute atomic E-state index is 0.512. The van der Waals surface area contributed by atoms with Crippen molar-refractivity contribution in [3.63, 3.8) is 0 Å². The number of hydrogen-bond acceptors (Lipinski definition) is 4. The van der Waals surface area contributed by atoms with Gasteiger partial charge in [0.1, 0.15) is 16.7 Å². The molecule has 1 aromatic carbocycles. The highest BCUT2D eigenvalue weighted by Gasteiger charge is 2.27. The fourth-order valence-corrected chi connectivity index (χ4v) is 3.17. The minimum atomic E-state index is 0.512. The number of hydrogen-bond donors (Lipinski definition) is 1. The van der Waals surface area contributed by atoms with Gasteiger partial charge in [-0.3, -0.25) is 0 Å². The minimum Gasteiger partial charge on any atom is -0.373 e. The van der Waals surface area contributed by atoms with Crippen LogP contribution in [0.3, 0.4) is 0 Å². The first-order valence-corrected chi connectivity index (χ1v) is 7.92. The number of benzene rings is 1. The molecule has 3 rings (SSSR count). The second-order valence-corrected chi connectivity index (χ2v) is 6.56.